The molecule has 0 spiro atoms. The van der Waals surface area contributed by atoms with Crippen LogP contribution < -0.4 is 4.74 Å². The van der Waals surface area contributed by atoms with Gasteiger partial charge in [0.25, 0.3) is 0 Å². The third-order valence-electron chi connectivity index (χ3n) is 5.36. The SMILES string of the molecule is CCCOc1ccccc1[C@@H]1C(C(=O)OCCOC)=C(C)N=C2CCCC(=O)C21. The predicted octanol–water partition coefficient (Wildman–Crippen LogP) is 3.85. The summed E-state index contributed by atoms with van der Waals surface area (Å²) >= 11 is 0. The number of esters is 1. The van der Waals surface area contributed by atoms with Gasteiger partial charge in [-0.25, -0.2) is 4.79 Å². The lowest BCUT2D eigenvalue weighted by molar-refractivity contribution is -0.140. The highest BCUT2D eigenvalue weighted by atomic mass is 16.6. The van der Waals surface area contributed by atoms with Gasteiger partial charge in [0.15, 0.2) is 0 Å². The van der Waals surface area contributed by atoms with Gasteiger partial charge in [0.05, 0.1) is 24.7 Å². The molecule has 0 amide bonds. The average Bonchev–Trinajstić information content (AvgIpc) is 2.71. The predicted molar refractivity (Wildman–Crippen MR) is 110 cm³/mol. The molecule has 0 bridgehead atoms. The van der Waals surface area contributed by atoms with E-state index in [4.69, 9.17) is 14.2 Å². The van der Waals surface area contributed by atoms with Gasteiger partial charge in [-0.1, -0.05) is 25.1 Å². The van der Waals surface area contributed by atoms with Crippen LogP contribution in [0.1, 0.15) is 51.0 Å². The Labute approximate surface area is 171 Å². The van der Waals surface area contributed by atoms with Crippen LogP contribution in [0.25, 0.3) is 0 Å². The van der Waals surface area contributed by atoms with Gasteiger partial charge in [0, 0.05) is 36.4 Å². The highest BCUT2D eigenvalue weighted by molar-refractivity contribution is 6.11. The number of ketones is 1. The summed E-state index contributed by atoms with van der Waals surface area (Å²) in [5, 5.41) is 0. The first kappa shape index (κ1) is 21.2. The molecule has 1 aliphatic heterocycles. The molecule has 6 heteroatoms. The van der Waals surface area contributed by atoms with Crippen LogP contribution in [0.4, 0.5) is 0 Å². The Balaban J connectivity index is 2.07. The Kier molecular flexibility index (Phi) is 7.20. The fourth-order valence-electron chi connectivity index (χ4n) is 4.10. The van der Waals surface area contributed by atoms with E-state index in [0.29, 0.717) is 36.7 Å². The number of methoxy groups -OCH3 is 1. The lowest BCUT2D eigenvalue weighted by Gasteiger charge is -2.36. The van der Waals surface area contributed by atoms with Gasteiger partial charge >= 0.3 is 5.97 Å². The van der Waals surface area contributed by atoms with Crippen molar-refractivity contribution >= 4 is 17.5 Å². The molecule has 0 radical (unpaired) electrons. The van der Waals surface area contributed by atoms with Gasteiger partial charge in [0.2, 0.25) is 0 Å². The van der Waals surface area contributed by atoms with Gasteiger partial charge in [-0.05, 0) is 32.3 Å². The molecule has 0 N–H and O–H groups in total. The van der Waals surface area contributed by atoms with E-state index in [1.54, 1.807) is 7.11 Å². The molecule has 156 valence electrons. The maximum absolute atomic E-state index is 13.0. The molecule has 1 saturated carbocycles. The Morgan fingerprint density at radius 3 is 2.69 bits per heavy atom. The van der Waals surface area contributed by atoms with Gasteiger partial charge in [-0.15, -0.1) is 0 Å². The lowest BCUT2D eigenvalue weighted by atomic mass is 9.69. The molecule has 2 aliphatic rings. The summed E-state index contributed by atoms with van der Waals surface area (Å²) in [6.45, 7) is 4.90. The zero-order valence-corrected chi connectivity index (χ0v) is 17.4. The second kappa shape index (κ2) is 9.83. The number of carbonyl (C=O) groups excluding carboxylic acids is 2. The summed E-state index contributed by atoms with van der Waals surface area (Å²) in [6.07, 6.45) is 2.95. The monoisotopic (exact) mass is 399 g/mol. The summed E-state index contributed by atoms with van der Waals surface area (Å²) < 4.78 is 16.4. The zero-order valence-electron chi connectivity index (χ0n) is 17.4. The quantitative estimate of drug-likeness (QED) is 0.490. The van der Waals surface area contributed by atoms with E-state index in [1.165, 1.54) is 0 Å². The minimum atomic E-state index is -0.448. The maximum Gasteiger partial charge on any atom is 0.336 e. The molecular weight excluding hydrogens is 370 g/mol. The fourth-order valence-corrected chi connectivity index (χ4v) is 4.10. The smallest absolute Gasteiger partial charge is 0.336 e. The van der Waals surface area contributed by atoms with E-state index < -0.39 is 17.8 Å². The van der Waals surface area contributed by atoms with Gasteiger partial charge in [-0.3, -0.25) is 9.79 Å². The van der Waals surface area contributed by atoms with E-state index >= 15 is 0 Å². The van der Waals surface area contributed by atoms with Crippen LogP contribution in [0.2, 0.25) is 0 Å². The van der Waals surface area contributed by atoms with Crippen molar-refractivity contribution in [3.05, 3.63) is 41.1 Å². The summed E-state index contributed by atoms with van der Waals surface area (Å²) in [7, 11) is 1.56. The van der Waals surface area contributed by atoms with Crippen LogP contribution in [0.3, 0.4) is 0 Å². The van der Waals surface area contributed by atoms with E-state index in [1.807, 2.05) is 38.1 Å². The summed E-state index contributed by atoms with van der Waals surface area (Å²) in [5.41, 5.74) is 2.76. The van der Waals surface area contributed by atoms with Crippen LogP contribution in [-0.4, -0.2) is 44.4 Å². The number of carbonyl (C=O) groups is 2. The largest absolute Gasteiger partial charge is 0.493 e. The van der Waals surface area contributed by atoms with Crippen molar-refractivity contribution in [1.29, 1.82) is 0 Å². The molecule has 1 heterocycles. The van der Waals surface area contributed by atoms with Gasteiger partial charge in [-0.2, -0.15) is 0 Å². The van der Waals surface area contributed by atoms with Crippen LogP contribution in [0.5, 0.6) is 5.75 Å². The van der Waals surface area contributed by atoms with Gasteiger partial charge in [0.1, 0.15) is 18.1 Å². The number of aliphatic imine (C=N–C) groups is 1. The topological polar surface area (TPSA) is 74.2 Å². The average molecular weight is 399 g/mol. The van der Waals surface area contributed by atoms with E-state index in [9.17, 15) is 9.59 Å². The maximum atomic E-state index is 13.0. The number of allylic oxidation sites excluding steroid dienone is 1. The first-order valence-electron chi connectivity index (χ1n) is 10.3. The molecule has 1 aliphatic carbocycles. The molecule has 3 rings (SSSR count). The van der Waals surface area contributed by atoms with Crippen molar-refractivity contribution in [3.63, 3.8) is 0 Å². The van der Waals surface area contributed by atoms with Crippen LogP contribution in [0.15, 0.2) is 40.5 Å². The third kappa shape index (κ3) is 4.58. The molecule has 29 heavy (non-hydrogen) atoms. The molecular formula is C23H29NO5. The van der Waals surface area contributed by atoms with E-state index in [0.717, 1.165) is 30.5 Å². The number of para-hydroxylation sites is 1. The zero-order chi connectivity index (χ0) is 20.8. The first-order valence-corrected chi connectivity index (χ1v) is 10.3. The Morgan fingerprint density at radius 1 is 1.14 bits per heavy atom. The number of benzene rings is 1. The number of Topliss-reactive ketones (excluding diaryl/α,β-unsaturated/α-hetero) is 1. The van der Waals surface area contributed by atoms with Crippen molar-refractivity contribution in [3.8, 4) is 5.75 Å². The summed E-state index contributed by atoms with van der Waals surface area (Å²) in [4.78, 5) is 30.6. The number of nitrogens with zero attached hydrogens (tertiary/aromatic N) is 1. The van der Waals surface area contributed by atoms with Crippen molar-refractivity contribution < 1.29 is 23.8 Å². The highest BCUT2D eigenvalue weighted by Crippen LogP contribution is 2.45. The number of hydrogen-bond acceptors (Lipinski definition) is 6. The Bertz CT molecular complexity index is 826. The van der Waals surface area contributed by atoms with Gasteiger partial charge < -0.3 is 14.2 Å². The van der Waals surface area contributed by atoms with E-state index in [-0.39, 0.29) is 12.4 Å². The molecule has 1 aromatic rings. The van der Waals surface area contributed by atoms with Crippen molar-refractivity contribution in [2.75, 3.05) is 26.9 Å². The standard InChI is InChI=1S/C23H29NO5/c1-4-12-28-19-11-6-5-8-16(19)21-20(23(26)29-14-13-27-3)15(2)24-17-9-7-10-18(25)22(17)21/h5-6,8,11,21-22H,4,7,9-10,12-14H2,1-3H3/t21-,22?/m1/s1. The fraction of sp³-hybridized carbons (Fsp3) is 0.522. The number of fused-ring (bicyclic) bond motifs is 1. The molecule has 1 fully saturated rings. The summed E-state index contributed by atoms with van der Waals surface area (Å²) in [5.74, 6) is -0.507. The molecule has 1 aromatic carbocycles. The second-order valence-electron chi connectivity index (χ2n) is 7.39. The molecule has 2 atom stereocenters. The highest BCUT2D eigenvalue weighted by Gasteiger charge is 2.44. The first-order chi connectivity index (χ1) is 14.1. The van der Waals surface area contributed by atoms with Crippen molar-refractivity contribution in [2.45, 2.75) is 45.4 Å². The number of ether oxygens (including phenoxy) is 3. The molecule has 0 aromatic heterocycles. The van der Waals surface area contributed by atoms with Crippen LogP contribution in [0, 0.1) is 5.92 Å². The number of hydrogen-bond donors (Lipinski definition) is 0. The lowest BCUT2D eigenvalue weighted by Crippen LogP contribution is -2.39. The summed E-state index contributed by atoms with van der Waals surface area (Å²) in [6, 6.07) is 7.65. The Morgan fingerprint density at radius 2 is 1.93 bits per heavy atom. The third-order valence-corrected chi connectivity index (χ3v) is 5.36. The molecule has 1 unspecified atom stereocenters. The van der Waals surface area contributed by atoms with E-state index in [2.05, 4.69) is 4.99 Å². The van der Waals surface area contributed by atoms with Crippen LogP contribution >= 0.6 is 0 Å². The number of rotatable bonds is 8. The molecule has 6 nitrogen and oxygen atoms in total. The van der Waals surface area contributed by atoms with Crippen molar-refractivity contribution in [1.82, 2.24) is 0 Å². The second-order valence-corrected chi connectivity index (χ2v) is 7.39. The minimum absolute atomic E-state index is 0.125. The minimum Gasteiger partial charge on any atom is -0.493 e. The Hall–Kier alpha value is -2.47. The normalized spacial score (nSPS) is 21.5. The van der Waals surface area contributed by atoms with Crippen molar-refractivity contribution in [2.24, 2.45) is 10.9 Å². The molecule has 0 saturated heterocycles. The van der Waals surface area contributed by atoms with Crippen LogP contribution in [-0.2, 0) is 19.1 Å².